The first-order valence-corrected chi connectivity index (χ1v) is 12.8. The molecule has 0 aromatic carbocycles. The molecule has 168 valence electrons. The van der Waals surface area contributed by atoms with Gasteiger partial charge >= 0.3 is 0 Å². The molecule has 0 heterocycles. The largest absolute Gasteiger partial charge is 0.324 e. The van der Waals surface area contributed by atoms with Crippen LogP contribution in [0, 0.1) is 34.0 Å². The highest BCUT2D eigenvalue weighted by Gasteiger charge is 2.69. The quantitative estimate of drug-likeness (QED) is 0.468. The molecule has 0 spiro atoms. The predicted octanol–water partition coefficient (Wildman–Crippen LogP) is 7.98. The van der Waals surface area contributed by atoms with Gasteiger partial charge in [-0.05, 0) is 92.8 Å². The van der Waals surface area contributed by atoms with E-state index in [1.807, 2.05) is 0 Å². The Kier molecular flexibility index (Phi) is 5.49. The van der Waals surface area contributed by atoms with Crippen molar-refractivity contribution in [3.8, 4) is 0 Å². The molecule has 4 fully saturated rings. The lowest BCUT2D eigenvalue weighted by Gasteiger charge is -2.72. The standard InChI is InChI=1S/C29H47N/c1-20(2)12-10-13-23-14-11-15-24-25-21(3)18-26(5)16-8-9-17-27(26,6)29(25,30)19-22(4)28(23,24)7/h23-25H,1,3-4,8-19,30H2,2,5-7H3/t23-,24-,25-,26-,27-,28+,29+/m0/s1. The van der Waals surface area contributed by atoms with Crippen molar-refractivity contribution in [2.75, 3.05) is 0 Å². The lowest BCUT2D eigenvalue weighted by molar-refractivity contribution is -0.144. The van der Waals surface area contributed by atoms with Gasteiger partial charge in [-0.15, -0.1) is 6.58 Å². The molecule has 4 aliphatic carbocycles. The van der Waals surface area contributed by atoms with Crippen LogP contribution in [-0.4, -0.2) is 5.54 Å². The Bertz CT molecular complexity index is 747. The van der Waals surface area contributed by atoms with Crippen molar-refractivity contribution >= 4 is 0 Å². The molecule has 0 aliphatic heterocycles. The topological polar surface area (TPSA) is 26.0 Å². The molecule has 0 radical (unpaired) electrons. The zero-order valence-electron chi connectivity index (χ0n) is 20.4. The number of allylic oxidation sites excluding steroid dienone is 1. The van der Waals surface area contributed by atoms with E-state index in [9.17, 15) is 0 Å². The summed E-state index contributed by atoms with van der Waals surface area (Å²) in [6, 6.07) is 0. The lowest BCUT2D eigenvalue weighted by Crippen LogP contribution is -2.73. The molecule has 4 rings (SSSR count). The van der Waals surface area contributed by atoms with Gasteiger partial charge in [0.05, 0.1) is 0 Å². The third-order valence-electron chi connectivity index (χ3n) is 11.1. The molecule has 4 aliphatic rings. The number of fused-ring (bicyclic) bond motifs is 5. The van der Waals surface area contributed by atoms with Crippen LogP contribution in [0.4, 0.5) is 0 Å². The Hall–Kier alpha value is -0.820. The summed E-state index contributed by atoms with van der Waals surface area (Å²) in [4.78, 5) is 0. The average Bonchev–Trinajstić information content (AvgIpc) is 2.65. The summed E-state index contributed by atoms with van der Waals surface area (Å²) in [6.07, 6.45) is 15.2. The summed E-state index contributed by atoms with van der Waals surface area (Å²) >= 11 is 0. The van der Waals surface area contributed by atoms with E-state index in [4.69, 9.17) is 18.9 Å². The number of rotatable bonds is 4. The predicted molar refractivity (Wildman–Crippen MR) is 130 cm³/mol. The molecule has 4 saturated carbocycles. The zero-order valence-corrected chi connectivity index (χ0v) is 20.4. The van der Waals surface area contributed by atoms with E-state index < -0.39 is 0 Å². The van der Waals surface area contributed by atoms with E-state index in [0.717, 1.165) is 18.8 Å². The van der Waals surface area contributed by atoms with Gasteiger partial charge in [0.15, 0.2) is 0 Å². The summed E-state index contributed by atoms with van der Waals surface area (Å²) < 4.78 is 0. The van der Waals surface area contributed by atoms with Gasteiger partial charge in [0.2, 0.25) is 0 Å². The number of nitrogens with two attached hydrogens (primary N) is 1. The maximum Gasteiger partial charge on any atom is 0.0320 e. The van der Waals surface area contributed by atoms with Crippen LogP contribution in [-0.2, 0) is 0 Å². The van der Waals surface area contributed by atoms with Gasteiger partial charge in [-0.3, -0.25) is 0 Å². The highest BCUT2D eigenvalue weighted by molar-refractivity contribution is 5.37. The first-order valence-electron chi connectivity index (χ1n) is 12.8. The molecule has 0 bridgehead atoms. The minimum Gasteiger partial charge on any atom is -0.324 e. The van der Waals surface area contributed by atoms with Gasteiger partial charge in [-0.2, -0.15) is 0 Å². The van der Waals surface area contributed by atoms with Crippen molar-refractivity contribution in [2.45, 2.75) is 110 Å². The van der Waals surface area contributed by atoms with Crippen LogP contribution in [0.1, 0.15) is 105 Å². The fourth-order valence-electron chi connectivity index (χ4n) is 9.10. The van der Waals surface area contributed by atoms with Gasteiger partial charge < -0.3 is 5.73 Å². The van der Waals surface area contributed by atoms with Crippen molar-refractivity contribution in [1.82, 2.24) is 0 Å². The lowest BCUT2D eigenvalue weighted by atomic mass is 9.34. The Morgan fingerprint density at radius 1 is 1.03 bits per heavy atom. The molecule has 0 aromatic heterocycles. The van der Waals surface area contributed by atoms with E-state index in [1.54, 1.807) is 0 Å². The van der Waals surface area contributed by atoms with Crippen LogP contribution in [0.15, 0.2) is 36.5 Å². The second-order valence-corrected chi connectivity index (χ2v) is 12.6. The van der Waals surface area contributed by atoms with Crippen LogP contribution in [0.2, 0.25) is 0 Å². The van der Waals surface area contributed by atoms with Crippen LogP contribution in [0.5, 0.6) is 0 Å². The van der Waals surface area contributed by atoms with Crippen LogP contribution < -0.4 is 5.73 Å². The highest BCUT2D eigenvalue weighted by Crippen LogP contribution is 2.72. The second-order valence-electron chi connectivity index (χ2n) is 12.6. The molecule has 30 heavy (non-hydrogen) atoms. The van der Waals surface area contributed by atoms with Crippen molar-refractivity contribution in [3.05, 3.63) is 36.5 Å². The van der Waals surface area contributed by atoms with Crippen molar-refractivity contribution in [2.24, 2.45) is 39.7 Å². The van der Waals surface area contributed by atoms with Crippen molar-refractivity contribution in [3.63, 3.8) is 0 Å². The molecule has 0 amide bonds. The summed E-state index contributed by atoms with van der Waals surface area (Å²) in [7, 11) is 0. The van der Waals surface area contributed by atoms with Gasteiger partial charge in [0.1, 0.15) is 0 Å². The molecule has 0 saturated heterocycles. The first kappa shape index (κ1) is 22.4. The summed E-state index contributed by atoms with van der Waals surface area (Å²) in [5.74, 6) is 1.84. The minimum atomic E-state index is -0.168. The molecule has 7 atom stereocenters. The van der Waals surface area contributed by atoms with Crippen molar-refractivity contribution < 1.29 is 0 Å². The van der Waals surface area contributed by atoms with Crippen molar-refractivity contribution in [1.29, 1.82) is 0 Å². The van der Waals surface area contributed by atoms with Gasteiger partial charge in [0, 0.05) is 11.5 Å². The Morgan fingerprint density at radius 3 is 2.43 bits per heavy atom. The summed E-state index contributed by atoms with van der Waals surface area (Å²) in [5.41, 5.74) is 12.5. The van der Waals surface area contributed by atoms with E-state index in [1.165, 1.54) is 80.9 Å². The van der Waals surface area contributed by atoms with Gasteiger partial charge in [-0.1, -0.05) is 69.9 Å². The Labute approximate surface area is 186 Å². The maximum atomic E-state index is 7.64. The highest BCUT2D eigenvalue weighted by atomic mass is 14.9. The maximum absolute atomic E-state index is 7.64. The van der Waals surface area contributed by atoms with Crippen LogP contribution >= 0.6 is 0 Å². The second kappa shape index (κ2) is 7.36. The number of hydrogen-bond acceptors (Lipinski definition) is 1. The molecule has 0 unspecified atom stereocenters. The molecule has 1 heteroatoms. The van der Waals surface area contributed by atoms with E-state index in [-0.39, 0.29) is 16.4 Å². The average molecular weight is 410 g/mol. The third-order valence-corrected chi connectivity index (χ3v) is 11.1. The third kappa shape index (κ3) is 2.90. The monoisotopic (exact) mass is 409 g/mol. The van der Waals surface area contributed by atoms with Crippen LogP contribution in [0.25, 0.3) is 0 Å². The zero-order chi connectivity index (χ0) is 21.9. The van der Waals surface area contributed by atoms with Crippen LogP contribution in [0.3, 0.4) is 0 Å². The Morgan fingerprint density at radius 2 is 1.73 bits per heavy atom. The van der Waals surface area contributed by atoms with E-state index >= 15 is 0 Å². The summed E-state index contributed by atoms with van der Waals surface area (Å²) in [6.45, 7) is 23.5. The molecular formula is C29H47N. The fourth-order valence-corrected chi connectivity index (χ4v) is 9.10. The normalized spacial score (nSPS) is 48.5. The molecule has 1 nitrogen and oxygen atoms in total. The minimum absolute atomic E-state index is 0.168. The van der Waals surface area contributed by atoms with E-state index in [0.29, 0.717) is 17.3 Å². The van der Waals surface area contributed by atoms with Gasteiger partial charge in [-0.25, -0.2) is 0 Å². The Balaban J connectivity index is 1.71. The van der Waals surface area contributed by atoms with E-state index in [2.05, 4.69) is 34.3 Å². The number of hydrogen-bond donors (Lipinski definition) is 1. The molecule has 2 N–H and O–H groups in total. The summed E-state index contributed by atoms with van der Waals surface area (Å²) in [5, 5.41) is 0. The first-order chi connectivity index (χ1) is 14.0. The molecule has 0 aromatic rings. The fraction of sp³-hybridized carbons (Fsp3) is 0.793. The molecular weight excluding hydrogens is 362 g/mol. The smallest absolute Gasteiger partial charge is 0.0320 e. The SMILES string of the molecule is C=C(C)CCC[C@H]1CCC[C@H]2[C@@H]3C(=C)C[C@]4(C)CCCC[C@]4(C)[C@@]3(N)CC(=C)[C@]12C. The van der Waals surface area contributed by atoms with Gasteiger partial charge in [0.25, 0.3) is 0 Å².